The lowest BCUT2D eigenvalue weighted by Gasteiger charge is -2.40. The maximum atomic E-state index is 9.40. The van der Waals surface area contributed by atoms with Crippen LogP contribution in [0.1, 0.15) is 45.1 Å². The first-order chi connectivity index (χ1) is 13.7. The number of nitrogens with zero attached hydrogens (tertiary/aromatic N) is 3. The van der Waals surface area contributed by atoms with E-state index in [9.17, 15) is 5.26 Å². The van der Waals surface area contributed by atoms with Gasteiger partial charge < -0.3 is 15.0 Å². The number of ether oxygens (including phenoxy) is 1. The standard InChI is InChI=1S/C23H30N4O/c1-16-6-3-4-8-21(16)26-13-19-15-27(14-17(2)28-19)22-10-9-18(12-24)23-20(22)7-5-11-25-23/h5,7,9-11,16-17,19,21,26H,3-4,6,8,13-15H2,1-2H3/t16?,17-,19-,21?/m1/s1. The van der Waals surface area contributed by atoms with Gasteiger partial charge in [0, 0.05) is 42.9 Å². The molecule has 1 aliphatic carbocycles. The lowest BCUT2D eigenvalue weighted by molar-refractivity contribution is -0.0170. The molecule has 0 bridgehead atoms. The smallest absolute Gasteiger partial charge is 0.101 e. The summed E-state index contributed by atoms with van der Waals surface area (Å²) in [5.74, 6) is 0.749. The number of morpholine rings is 1. The molecule has 0 radical (unpaired) electrons. The Kier molecular flexibility index (Phi) is 5.79. The molecular formula is C23H30N4O. The zero-order valence-electron chi connectivity index (χ0n) is 16.9. The van der Waals surface area contributed by atoms with Gasteiger partial charge in [0.15, 0.2) is 0 Å². The SMILES string of the molecule is CC1CCCCC1NC[C@@H]1CN(c2ccc(C#N)c3ncccc23)C[C@@H](C)O1. The van der Waals surface area contributed by atoms with Crippen LogP contribution in [0.15, 0.2) is 30.5 Å². The Bertz CT molecular complexity index is 861. The molecule has 0 amide bonds. The fourth-order valence-corrected chi connectivity index (χ4v) is 4.78. The van der Waals surface area contributed by atoms with Crippen LogP contribution in [-0.4, -0.2) is 42.9 Å². The van der Waals surface area contributed by atoms with Crippen molar-refractivity contribution in [1.29, 1.82) is 5.26 Å². The number of aromatic nitrogens is 1. The van der Waals surface area contributed by atoms with Gasteiger partial charge in [-0.3, -0.25) is 4.98 Å². The number of nitriles is 1. The first-order valence-corrected chi connectivity index (χ1v) is 10.6. The normalized spacial score (nSPS) is 28.2. The van der Waals surface area contributed by atoms with Crippen LogP contribution in [0.4, 0.5) is 5.69 Å². The van der Waals surface area contributed by atoms with Gasteiger partial charge in [-0.25, -0.2) is 0 Å². The zero-order chi connectivity index (χ0) is 19.5. The van der Waals surface area contributed by atoms with E-state index < -0.39 is 0 Å². The Morgan fingerprint density at radius 2 is 2.07 bits per heavy atom. The largest absolute Gasteiger partial charge is 0.370 e. The van der Waals surface area contributed by atoms with E-state index in [-0.39, 0.29) is 12.2 Å². The molecule has 5 nitrogen and oxygen atoms in total. The first kappa shape index (κ1) is 19.2. The van der Waals surface area contributed by atoms with Crippen LogP contribution < -0.4 is 10.2 Å². The van der Waals surface area contributed by atoms with Crippen molar-refractivity contribution in [3.8, 4) is 6.07 Å². The van der Waals surface area contributed by atoms with E-state index >= 15 is 0 Å². The zero-order valence-corrected chi connectivity index (χ0v) is 16.9. The van der Waals surface area contributed by atoms with E-state index in [4.69, 9.17) is 4.74 Å². The van der Waals surface area contributed by atoms with Gasteiger partial charge in [-0.15, -0.1) is 0 Å². The minimum atomic E-state index is 0.167. The number of nitrogens with one attached hydrogen (secondary N) is 1. The van der Waals surface area contributed by atoms with E-state index in [1.54, 1.807) is 6.20 Å². The maximum Gasteiger partial charge on any atom is 0.101 e. The van der Waals surface area contributed by atoms with Crippen LogP contribution in [0.25, 0.3) is 10.9 Å². The van der Waals surface area contributed by atoms with Gasteiger partial charge in [0.1, 0.15) is 6.07 Å². The molecule has 2 aliphatic rings. The van der Waals surface area contributed by atoms with E-state index in [1.165, 1.54) is 25.7 Å². The predicted molar refractivity (Wildman–Crippen MR) is 112 cm³/mol. The van der Waals surface area contributed by atoms with Crippen molar-refractivity contribution in [3.05, 3.63) is 36.0 Å². The number of benzene rings is 1. The summed E-state index contributed by atoms with van der Waals surface area (Å²) in [6.45, 7) is 7.11. The van der Waals surface area contributed by atoms with Crippen molar-refractivity contribution in [2.24, 2.45) is 5.92 Å². The number of hydrogen-bond acceptors (Lipinski definition) is 5. The van der Waals surface area contributed by atoms with Crippen LogP contribution in [0.2, 0.25) is 0 Å². The molecule has 1 aliphatic heterocycles. The number of pyridine rings is 1. The van der Waals surface area contributed by atoms with Gasteiger partial charge >= 0.3 is 0 Å². The fraction of sp³-hybridized carbons (Fsp3) is 0.565. The second-order valence-corrected chi connectivity index (χ2v) is 8.39. The van der Waals surface area contributed by atoms with Crippen LogP contribution in [-0.2, 0) is 4.74 Å². The molecule has 4 atom stereocenters. The average Bonchev–Trinajstić information content (AvgIpc) is 2.72. The van der Waals surface area contributed by atoms with Gasteiger partial charge in [0.2, 0.25) is 0 Å². The third kappa shape index (κ3) is 3.99. The summed E-state index contributed by atoms with van der Waals surface area (Å²) in [5.41, 5.74) is 2.56. The van der Waals surface area contributed by atoms with Crippen molar-refractivity contribution in [2.45, 2.75) is 57.8 Å². The third-order valence-corrected chi connectivity index (χ3v) is 6.25. The molecule has 28 heavy (non-hydrogen) atoms. The molecule has 1 saturated heterocycles. The first-order valence-electron chi connectivity index (χ1n) is 10.6. The van der Waals surface area contributed by atoms with Crippen LogP contribution in [0, 0.1) is 17.2 Å². The number of anilines is 1. The Labute approximate surface area is 167 Å². The lowest BCUT2D eigenvalue weighted by atomic mass is 9.86. The van der Waals surface area contributed by atoms with E-state index in [1.807, 2.05) is 12.1 Å². The Morgan fingerprint density at radius 1 is 1.21 bits per heavy atom. The molecule has 5 heteroatoms. The Balaban J connectivity index is 1.51. The van der Waals surface area contributed by atoms with E-state index in [2.05, 4.69) is 47.3 Å². The minimum absolute atomic E-state index is 0.167. The maximum absolute atomic E-state index is 9.40. The van der Waals surface area contributed by atoms with Crippen LogP contribution >= 0.6 is 0 Å². The summed E-state index contributed by atoms with van der Waals surface area (Å²) < 4.78 is 6.25. The van der Waals surface area contributed by atoms with E-state index in [0.29, 0.717) is 11.6 Å². The van der Waals surface area contributed by atoms with Crippen LogP contribution in [0.5, 0.6) is 0 Å². The summed E-state index contributed by atoms with van der Waals surface area (Å²) in [5, 5.41) is 14.2. The van der Waals surface area contributed by atoms with Crippen molar-refractivity contribution >= 4 is 16.6 Å². The third-order valence-electron chi connectivity index (χ3n) is 6.25. The molecule has 1 N–H and O–H groups in total. The Morgan fingerprint density at radius 3 is 2.89 bits per heavy atom. The average molecular weight is 379 g/mol. The highest BCUT2D eigenvalue weighted by molar-refractivity contribution is 5.95. The molecule has 2 aromatic rings. The number of fused-ring (bicyclic) bond motifs is 1. The van der Waals surface area contributed by atoms with Gasteiger partial charge in [0.05, 0.1) is 23.3 Å². The molecule has 0 spiro atoms. The van der Waals surface area contributed by atoms with Crippen molar-refractivity contribution in [2.75, 3.05) is 24.5 Å². The Hall–Kier alpha value is -2.16. The molecule has 4 rings (SSSR count). The quantitative estimate of drug-likeness (QED) is 0.875. The summed E-state index contributed by atoms with van der Waals surface area (Å²) in [6, 6.07) is 10.8. The number of hydrogen-bond donors (Lipinski definition) is 1. The summed E-state index contributed by atoms with van der Waals surface area (Å²) in [7, 11) is 0. The highest BCUT2D eigenvalue weighted by Crippen LogP contribution is 2.30. The predicted octanol–water partition coefficient (Wildman–Crippen LogP) is 3.87. The van der Waals surface area contributed by atoms with Gasteiger partial charge in [-0.05, 0) is 49.9 Å². The summed E-state index contributed by atoms with van der Waals surface area (Å²) in [6.07, 6.45) is 7.40. The van der Waals surface area contributed by atoms with E-state index in [0.717, 1.165) is 42.1 Å². The highest BCUT2D eigenvalue weighted by Gasteiger charge is 2.28. The minimum Gasteiger partial charge on any atom is -0.370 e. The molecule has 1 saturated carbocycles. The lowest BCUT2D eigenvalue weighted by Crippen LogP contribution is -2.52. The molecule has 1 aromatic heterocycles. The van der Waals surface area contributed by atoms with Crippen LogP contribution in [0.3, 0.4) is 0 Å². The summed E-state index contributed by atoms with van der Waals surface area (Å²) >= 11 is 0. The number of rotatable bonds is 4. The van der Waals surface area contributed by atoms with Gasteiger partial charge in [-0.1, -0.05) is 19.8 Å². The fourth-order valence-electron chi connectivity index (χ4n) is 4.78. The molecule has 2 fully saturated rings. The second kappa shape index (κ2) is 8.46. The van der Waals surface area contributed by atoms with Crippen molar-refractivity contribution < 1.29 is 4.74 Å². The topological polar surface area (TPSA) is 61.2 Å². The van der Waals surface area contributed by atoms with Crippen molar-refractivity contribution in [1.82, 2.24) is 10.3 Å². The molecule has 2 heterocycles. The second-order valence-electron chi connectivity index (χ2n) is 8.39. The molecule has 2 unspecified atom stereocenters. The highest BCUT2D eigenvalue weighted by atomic mass is 16.5. The molecule has 1 aromatic carbocycles. The van der Waals surface area contributed by atoms with Crippen molar-refractivity contribution in [3.63, 3.8) is 0 Å². The monoisotopic (exact) mass is 378 g/mol. The molecular weight excluding hydrogens is 348 g/mol. The molecule has 148 valence electrons. The van der Waals surface area contributed by atoms with Gasteiger partial charge in [0.25, 0.3) is 0 Å². The van der Waals surface area contributed by atoms with Gasteiger partial charge in [-0.2, -0.15) is 5.26 Å². The summed E-state index contributed by atoms with van der Waals surface area (Å²) in [4.78, 5) is 6.86.